The average molecular weight is 1690 g/mol. The number of carbonyl (C=O) groups is 19. The minimum Gasteiger partial charge on any atom is -0.481 e. The van der Waals surface area contributed by atoms with Gasteiger partial charge in [-0.1, -0.05) is 74.5 Å². The summed E-state index contributed by atoms with van der Waals surface area (Å²) in [6.07, 6.45) is 7.09. The van der Waals surface area contributed by atoms with Crippen molar-refractivity contribution >= 4 is 191 Å². The second-order valence-corrected chi connectivity index (χ2v) is 29.1. The Bertz CT molecular complexity index is 3090. The number of amides is 11. The summed E-state index contributed by atoms with van der Waals surface area (Å²) in [4.78, 5) is 227. The van der Waals surface area contributed by atoms with Crippen molar-refractivity contribution in [2.75, 3.05) is 54.7 Å². The zero-order valence-electron chi connectivity index (χ0n) is 64.3. The molecule has 37 nitrogen and oxygen atoms in total. The van der Waals surface area contributed by atoms with Crippen LogP contribution in [-0.4, -0.2) is 253 Å². The van der Waals surface area contributed by atoms with Crippen molar-refractivity contribution in [3.05, 3.63) is 25.3 Å². The number of nitrogens with zero attached hydrogens (tertiary/aromatic N) is 5. The SMILES string of the molecule is C=CCCC(=O)NC(CC(=O)OC)C(=O)OC1C(=O)CC(SCCC)C1=O.C=CCCC(=O)NCC(=O)ON1C(=O)CC(SCCC)C1=O.CCC(=O)NC(CCCN=C(N)N)C(=O)O.CCC(=O)O.CCC(=O)ON1C(=O)CCC1=O.CCCSC1CC(=O)N(O)C1=O.CCS.CCS.CCSC1CC(=O)N(O)C1=O. The number of aliphatic imine (C=N–C) groups is 1. The lowest BCUT2D eigenvalue weighted by Gasteiger charge is -2.18. The number of carboxylic acids is 2. The fraction of sp³-hybridized carbons (Fsp3) is 0.647. The van der Waals surface area contributed by atoms with Crippen molar-refractivity contribution < 1.29 is 131 Å². The van der Waals surface area contributed by atoms with E-state index in [4.69, 9.17) is 41.7 Å². The second kappa shape index (κ2) is 65.4. The Morgan fingerprint density at radius 1 is 0.577 bits per heavy atom. The van der Waals surface area contributed by atoms with Gasteiger partial charge < -0.3 is 56.8 Å². The van der Waals surface area contributed by atoms with E-state index in [1.54, 1.807) is 26.8 Å². The van der Waals surface area contributed by atoms with Crippen LogP contribution in [0.5, 0.6) is 0 Å². The van der Waals surface area contributed by atoms with Crippen LogP contribution in [0.1, 0.15) is 184 Å². The number of hydrogen-bond donors (Lipinski definition) is 11. The predicted octanol–water partition coefficient (Wildman–Crippen LogP) is 4.04. The zero-order valence-corrected chi connectivity index (χ0v) is 69.4. The van der Waals surface area contributed by atoms with Crippen LogP contribution in [0.4, 0.5) is 0 Å². The number of imide groups is 4. The molecule has 1 saturated carbocycles. The Kier molecular flexibility index (Phi) is 64.4. The van der Waals surface area contributed by atoms with Crippen LogP contribution in [-0.2, 0) is 110 Å². The van der Waals surface area contributed by atoms with Crippen LogP contribution in [0.15, 0.2) is 30.3 Å². The molecule has 111 heavy (non-hydrogen) atoms. The molecular formula is C68H110N10O27S6. The van der Waals surface area contributed by atoms with Crippen LogP contribution < -0.4 is 27.4 Å². The number of hydrogen-bond acceptors (Lipinski definition) is 32. The van der Waals surface area contributed by atoms with E-state index in [1.807, 2.05) is 41.5 Å². The monoisotopic (exact) mass is 1690 g/mol. The molecule has 4 aliphatic heterocycles. The summed E-state index contributed by atoms with van der Waals surface area (Å²) >= 11 is 13.1. The van der Waals surface area contributed by atoms with Crippen LogP contribution in [0.25, 0.3) is 0 Å². The van der Waals surface area contributed by atoms with Crippen LogP contribution in [0.3, 0.4) is 0 Å². The lowest BCUT2D eigenvalue weighted by molar-refractivity contribution is -0.197. The first-order chi connectivity index (χ1) is 52.4. The Hall–Kier alpha value is -8.10. The van der Waals surface area contributed by atoms with E-state index in [0.717, 1.165) is 55.1 Å². The van der Waals surface area contributed by atoms with Gasteiger partial charge in [0.25, 0.3) is 47.3 Å². The predicted molar refractivity (Wildman–Crippen MR) is 420 cm³/mol. The topological polar surface area (TPSA) is 556 Å². The van der Waals surface area contributed by atoms with E-state index in [2.05, 4.69) is 68.9 Å². The van der Waals surface area contributed by atoms with Gasteiger partial charge in [0, 0.05) is 57.9 Å². The van der Waals surface area contributed by atoms with Gasteiger partial charge in [0.15, 0.2) is 17.5 Å². The van der Waals surface area contributed by atoms with Crippen molar-refractivity contribution in [2.24, 2.45) is 16.5 Å². The molecule has 5 aliphatic rings. The van der Waals surface area contributed by atoms with Crippen molar-refractivity contribution in [2.45, 2.75) is 223 Å². The molecule has 11 amide bonds. The summed E-state index contributed by atoms with van der Waals surface area (Å²) < 4.78 is 9.58. The van der Waals surface area contributed by atoms with Gasteiger partial charge in [-0.25, -0.2) is 19.2 Å². The van der Waals surface area contributed by atoms with Crippen molar-refractivity contribution in [3.63, 3.8) is 0 Å². The van der Waals surface area contributed by atoms with Crippen LogP contribution in [0, 0.1) is 0 Å². The number of rotatable bonds is 35. The number of nitrogens with one attached hydrogen (secondary N) is 3. The third-order valence-electron chi connectivity index (χ3n) is 13.3. The van der Waals surface area contributed by atoms with E-state index < -0.39 is 136 Å². The molecule has 4 heterocycles. The van der Waals surface area contributed by atoms with Gasteiger partial charge in [0.2, 0.25) is 23.8 Å². The van der Waals surface area contributed by atoms with Crippen LogP contribution >= 0.6 is 72.3 Å². The fourth-order valence-electron chi connectivity index (χ4n) is 7.87. The molecule has 0 aromatic rings. The molecule has 0 bridgehead atoms. The number of ketones is 2. The third kappa shape index (κ3) is 49.1. The molecule has 0 spiro atoms. The number of methoxy groups -OCH3 is 1. The van der Waals surface area contributed by atoms with Gasteiger partial charge in [-0.2, -0.15) is 47.1 Å². The number of nitrogens with two attached hydrogens (primary N) is 2. The first-order valence-electron chi connectivity index (χ1n) is 35.2. The molecule has 7 unspecified atom stereocenters. The maximum Gasteiger partial charge on any atom is 0.352 e. The summed E-state index contributed by atoms with van der Waals surface area (Å²) in [5, 5.41) is 41.1. The number of guanidine groups is 1. The summed E-state index contributed by atoms with van der Waals surface area (Å²) in [5.74, 6) is -5.93. The Morgan fingerprint density at radius 2 is 1.02 bits per heavy atom. The van der Waals surface area contributed by atoms with Gasteiger partial charge in [-0.05, 0) is 79.5 Å². The molecule has 0 aromatic carbocycles. The highest BCUT2D eigenvalue weighted by atomic mass is 32.2. The number of hydroxylamine groups is 8. The highest BCUT2D eigenvalue weighted by Gasteiger charge is 2.46. The Balaban J connectivity index is -0.000000617. The van der Waals surface area contributed by atoms with Crippen molar-refractivity contribution in [1.29, 1.82) is 0 Å². The maximum atomic E-state index is 12.4. The second-order valence-electron chi connectivity index (χ2n) is 22.5. The number of thioether (sulfide) groups is 4. The third-order valence-corrected chi connectivity index (χ3v) is 18.7. The first kappa shape index (κ1) is 109. The summed E-state index contributed by atoms with van der Waals surface area (Å²) in [6.45, 7) is 23.6. The number of carbonyl (C=O) groups excluding carboxylic acids is 17. The number of allylic oxidation sites excluding steroid dienone is 2. The van der Waals surface area contributed by atoms with E-state index in [-0.39, 0.29) is 116 Å². The number of thiol groups is 2. The van der Waals surface area contributed by atoms with E-state index >= 15 is 0 Å². The van der Waals surface area contributed by atoms with Gasteiger partial charge in [-0.15, -0.1) is 58.6 Å². The molecule has 7 atom stereocenters. The van der Waals surface area contributed by atoms with E-state index in [0.29, 0.717) is 48.1 Å². The van der Waals surface area contributed by atoms with Gasteiger partial charge in [-0.3, -0.25) is 87.3 Å². The number of ether oxygens (including phenoxy) is 2. The minimum absolute atomic E-state index is 0.00874. The number of carboxylic acid groups (broad SMARTS) is 2. The molecule has 630 valence electrons. The molecule has 1 aliphatic carbocycles. The van der Waals surface area contributed by atoms with E-state index in [1.165, 1.54) is 53.1 Å². The molecular weight excluding hydrogens is 1580 g/mol. The van der Waals surface area contributed by atoms with Crippen LogP contribution in [0.2, 0.25) is 0 Å². The Labute approximate surface area is 673 Å². The molecule has 5 rings (SSSR count). The summed E-state index contributed by atoms with van der Waals surface area (Å²) in [7, 11) is 1.14. The molecule has 0 aromatic heterocycles. The molecule has 4 saturated heterocycles. The first-order valence-corrected chi connectivity index (χ1v) is 40.7. The standard InChI is InChI=1S/C18H25NO7S.C14H20N2O5S.C9H18N4O3.C7H9NO4.C7H11NO3S.C6H9NO3S.C3H6O2.2C2H6S/c1-4-6-7-14(21)19-11(9-15(22)25-3)18(24)26-17-12(20)10-13(16(17)23)27-8-5-2;1-3-5-6-11(17)15-9-13(19)21-16-12(18)8-10(14(16)20)22-7-4-2;1-2-7(14)13-6(8(15)16)4-3-5-12-9(10)11;1-2-7(11)12-8-5(9)3-4-6(8)10;1-2-3-12-5-4-6(9)8(11)7(5)10;1-2-11-4-3-5(8)7(10)6(4)9;1-2-3(4)5;2*1-2-3/h4,11,13,17H,1,5-10H2,2-3H3,(H,19,21);3,10H,1,4-9H2,2H3,(H,15,17);6H,2-5H2,1H3,(H,13,14)(H,15,16)(H4,10,11,12);2-4H2,1H3;5,11H,2-4H2,1H3;4,10H,2-3H2,1H3;2H2,1H3,(H,4,5);2*3H,2H2,1H3. The number of esters is 2. The lowest BCUT2D eigenvalue weighted by Crippen LogP contribution is -2.45. The summed E-state index contributed by atoms with van der Waals surface area (Å²) in [6, 6.07) is -2.21. The number of aliphatic carboxylic acids is 2. The van der Waals surface area contributed by atoms with Crippen molar-refractivity contribution in [1.82, 2.24) is 36.2 Å². The zero-order chi connectivity index (χ0) is 85.9. The van der Waals surface area contributed by atoms with Gasteiger partial charge in [0.05, 0.1) is 53.8 Å². The highest BCUT2D eigenvalue weighted by molar-refractivity contribution is 8.01. The molecule has 5 fully saturated rings. The quantitative estimate of drug-likeness (QED) is 0.00491. The van der Waals surface area contributed by atoms with Gasteiger partial charge >= 0.3 is 35.8 Å². The highest BCUT2D eigenvalue weighted by Crippen LogP contribution is 2.29. The smallest absolute Gasteiger partial charge is 0.352 e. The lowest BCUT2D eigenvalue weighted by atomic mass is 10.1. The molecule has 43 heteroatoms. The number of Topliss-reactive ketones (excluding diaryl/α,β-unsaturated/α-hetero) is 2. The Morgan fingerprint density at radius 3 is 1.42 bits per heavy atom. The molecule has 11 N–H and O–H groups in total. The summed E-state index contributed by atoms with van der Waals surface area (Å²) in [5.41, 5.74) is 10.2. The maximum absolute atomic E-state index is 12.4. The van der Waals surface area contributed by atoms with Crippen molar-refractivity contribution in [3.8, 4) is 0 Å². The molecule has 0 radical (unpaired) electrons. The van der Waals surface area contributed by atoms with E-state index in [9.17, 15) is 91.1 Å². The largest absolute Gasteiger partial charge is 0.481 e. The fourth-order valence-corrected chi connectivity index (χ4v) is 11.9. The normalized spacial score (nSPS) is 17.5. The van der Waals surface area contributed by atoms with Gasteiger partial charge in [0.1, 0.15) is 18.6 Å². The average Bonchev–Trinajstić information content (AvgIpc) is 1.70. The minimum atomic E-state index is -1.49.